The van der Waals surface area contributed by atoms with Gasteiger partial charge in [-0.15, -0.1) is 0 Å². The minimum absolute atomic E-state index is 0.189. The first-order chi connectivity index (χ1) is 4.17. The standard InChI is InChI=1S/C7H15NO/c1-7(2)6(9-3)4-5-8-7/h6,8H,4-5H2,1-3H3. The SMILES string of the molecule is COC1CCNC1(C)C. The van der Waals surface area contributed by atoms with E-state index in [9.17, 15) is 0 Å². The molecule has 1 rings (SSSR count). The van der Waals surface area contributed by atoms with Crippen LogP contribution in [0.5, 0.6) is 0 Å². The molecule has 54 valence electrons. The molecule has 0 amide bonds. The van der Waals surface area contributed by atoms with Crippen molar-refractivity contribution in [3.05, 3.63) is 0 Å². The lowest BCUT2D eigenvalue weighted by Crippen LogP contribution is -2.42. The number of rotatable bonds is 1. The predicted molar refractivity (Wildman–Crippen MR) is 37.5 cm³/mol. The molecular formula is C7H15NO. The average Bonchev–Trinajstić information content (AvgIpc) is 2.08. The maximum atomic E-state index is 5.26. The summed E-state index contributed by atoms with van der Waals surface area (Å²) in [5.41, 5.74) is 0.189. The van der Waals surface area contributed by atoms with Crippen molar-refractivity contribution in [2.24, 2.45) is 0 Å². The van der Waals surface area contributed by atoms with Crippen LogP contribution in [0.2, 0.25) is 0 Å². The molecule has 1 aliphatic rings. The van der Waals surface area contributed by atoms with Crippen LogP contribution in [0.15, 0.2) is 0 Å². The van der Waals surface area contributed by atoms with E-state index in [2.05, 4.69) is 19.2 Å². The molecule has 1 saturated heterocycles. The first-order valence-electron chi connectivity index (χ1n) is 3.44. The Morgan fingerprint density at radius 3 is 2.44 bits per heavy atom. The van der Waals surface area contributed by atoms with Crippen molar-refractivity contribution in [1.29, 1.82) is 0 Å². The lowest BCUT2D eigenvalue weighted by molar-refractivity contribution is 0.0617. The van der Waals surface area contributed by atoms with Crippen LogP contribution in [0.1, 0.15) is 20.3 Å². The van der Waals surface area contributed by atoms with Crippen molar-refractivity contribution in [2.75, 3.05) is 13.7 Å². The largest absolute Gasteiger partial charge is 0.380 e. The fourth-order valence-corrected chi connectivity index (χ4v) is 1.41. The highest BCUT2D eigenvalue weighted by atomic mass is 16.5. The topological polar surface area (TPSA) is 21.3 Å². The first-order valence-corrected chi connectivity index (χ1v) is 3.44. The zero-order chi connectivity index (χ0) is 6.91. The summed E-state index contributed by atoms with van der Waals surface area (Å²) >= 11 is 0. The Morgan fingerprint density at radius 2 is 2.22 bits per heavy atom. The van der Waals surface area contributed by atoms with Crippen molar-refractivity contribution in [3.8, 4) is 0 Å². The molecule has 0 saturated carbocycles. The van der Waals surface area contributed by atoms with Crippen molar-refractivity contribution in [1.82, 2.24) is 5.32 Å². The van der Waals surface area contributed by atoms with E-state index in [-0.39, 0.29) is 5.54 Å². The normalized spacial score (nSPS) is 33.0. The number of nitrogens with one attached hydrogen (secondary N) is 1. The van der Waals surface area contributed by atoms with Gasteiger partial charge in [0.05, 0.1) is 6.10 Å². The Hall–Kier alpha value is -0.0800. The molecule has 0 aliphatic carbocycles. The third kappa shape index (κ3) is 1.25. The molecule has 1 fully saturated rings. The fraction of sp³-hybridized carbons (Fsp3) is 1.00. The molecular weight excluding hydrogens is 114 g/mol. The Morgan fingerprint density at radius 1 is 1.56 bits per heavy atom. The third-order valence-corrected chi connectivity index (χ3v) is 2.08. The maximum Gasteiger partial charge on any atom is 0.0759 e. The van der Waals surface area contributed by atoms with Gasteiger partial charge in [0.2, 0.25) is 0 Å². The van der Waals surface area contributed by atoms with Gasteiger partial charge >= 0.3 is 0 Å². The van der Waals surface area contributed by atoms with E-state index in [1.807, 2.05) is 0 Å². The summed E-state index contributed by atoms with van der Waals surface area (Å²) in [6, 6.07) is 0. The summed E-state index contributed by atoms with van der Waals surface area (Å²) in [6.45, 7) is 5.44. The van der Waals surface area contributed by atoms with Crippen LogP contribution >= 0.6 is 0 Å². The van der Waals surface area contributed by atoms with Crippen LogP contribution in [-0.2, 0) is 4.74 Å². The number of ether oxygens (including phenoxy) is 1. The van der Waals surface area contributed by atoms with Crippen LogP contribution in [0.3, 0.4) is 0 Å². The predicted octanol–water partition coefficient (Wildman–Crippen LogP) is 0.773. The van der Waals surface area contributed by atoms with Gasteiger partial charge in [-0.25, -0.2) is 0 Å². The minimum atomic E-state index is 0.189. The van der Waals surface area contributed by atoms with E-state index in [0.717, 1.165) is 13.0 Å². The Labute approximate surface area is 56.6 Å². The fourth-order valence-electron chi connectivity index (χ4n) is 1.41. The average molecular weight is 129 g/mol. The molecule has 1 N–H and O–H groups in total. The molecule has 0 spiro atoms. The monoisotopic (exact) mass is 129 g/mol. The second-order valence-electron chi connectivity index (χ2n) is 3.16. The molecule has 2 nitrogen and oxygen atoms in total. The molecule has 2 heteroatoms. The van der Waals surface area contributed by atoms with Gasteiger partial charge in [0.15, 0.2) is 0 Å². The summed E-state index contributed by atoms with van der Waals surface area (Å²) in [7, 11) is 1.78. The second-order valence-corrected chi connectivity index (χ2v) is 3.16. The Balaban J connectivity index is 2.52. The first kappa shape index (κ1) is 7.03. The van der Waals surface area contributed by atoms with E-state index in [1.165, 1.54) is 0 Å². The molecule has 9 heavy (non-hydrogen) atoms. The highest BCUT2D eigenvalue weighted by Gasteiger charge is 2.33. The lowest BCUT2D eigenvalue weighted by Gasteiger charge is -2.25. The summed E-state index contributed by atoms with van der Waals surface area (Å²) < 4.78 is 5.26. The molecule has 1 atom stereocenters. The summed E-state index contributed by atoms with van der Waals surface area (Å²) in [4.78, 5) is 0. The van der Waals surface area contributed by atoms with Gasteiger partial charge in [0, 0.05) is 12.6 Å². The molecule has 0 aromatic carbocycles. The van der Waals surface area contributed by atoms with Crippen LogP contribution in [0.4, 0.5) is 0 Å². The van der Waals surface area contributed by atoms with Crippen LogP contribution < -0.4 is 5.32 Å². The number of hydrogen-bond donors (Lipinski definition) is 1. The van der Waals surface area contributed by atoms with Crippen molar-refractivity contribution < 1.29 is 4.74 Å². The minimum Gasteiger partial charge on any atom is -0.380 e. The van der Waals surface area contributed by atoms with Gasteiger partial charge in [-0.1, -0.05) is 0 Å². The highest BCUT2D eigenvalue weighted by Crippen LogP contribution is 2.20. The van der Waals surface area contributed by atoms with Crippen LogP contribution in [0, 0.1) is 0 Å². The highest BCUT2D eigenvalue weighted by molar-refractivity contribution is 4.93. The van der Waals surface area contributed by atoms with E-state index in [0.29, 0.717) is 6.10 Å². The van der Waals surface area contributed by atoms with Crippen LogP contribution in [0.25, 0.3) is 0 Å². The molecule has 0 radical (unpaired) electrons. The van der Waals surface area contributed by atoms with Crippen LogP contribution in [-0.4, -0.2) is 25.3 Å². The number of methoxy groups -OCH3 is 1. The van der Waals surface area contributed by atoms with Gasteiger partial charge < -0.3 is 10.1 Å². The molecule has 0 aromatic heterocycles. The van der Waals surface area contributed by atoms with E-state index < -0.39 is 0 Å². The molecule has 0 bridgehead atoms. The molecule has 1 heterocycles. The Bertz CT molecular complexity index is 101. The molecule has 0 aromatic rings. The van der Waals surface area contributed by atoms with Crippen molar-refractivity contribution in [3.63, 3.8) is 0 Å². The van der Waals surface area contributed by atoms with Gasteiger partial charge in [-0.2, -0.15) is 0 Å². The lowest BCUT2D eigenvalue weighted by atomic mass is 10.0. The third-order valence-electron chi connectivity index (χ3n) is 2.08. The Kier molecular flexibility index (Phi) is 1.78. The van der Waals surface area contributed by atoms with Gasteiger partial charge in [-0.05, 0) is 26.8 Å². The van der Waals surface area contributed by atoms with Gasteiger partial charge in [0.25, 0.3) is 0 Å². The zero-order valence-corrected chi connectivity index (χ0v) is 6.40. The molecule has 1 unspecified atom stereocenters. The summed E-state index contributed by atoms with van der Waals surface area (Å²) in [6.07, 6.45) is 1.54. The molecule has 1 aliphatic heterocycles. The maximum absolute atomic E-state index is 5.26. The van der Waals surface area contributed by atoms with Crippen molar-refractivity contribution >= 4 is 0 Å². The summed E-state index contributed by atoms with van der Waals surface area (Å²) in [5.74, 6) is 0. The smallest absolute Gasteiger partial charge is 0.0759 e. The van der Waals surface area contributed by atoms with E-state index >= 15 is 0 Å². The van der Waals surface area contributed by atoms with Gasteiger partial charge in [0.1, 0.15) is 0 Å². The summed E-state index contributed by atoms with van der Waals surface area (Å²) in [5, 5.41) is 3.37. The van der Waals surface area contributed by atoms with Crippen molar-refractivity contribution in [2.45, 2.75) is 31.9 Å². The second kappa shape index (κ2) is 2.27. The quantitative estimate of drug-likeness (QED) is 0.564. The zero-order valence-electron chi connectivity index (χ0n) is 6.40. The van der Waals surface area contributed by atoms with E-state index in [1.54, 1.807) is 7.11 Å². The van der Waals surface area contributed by atoms with Gasteiger partial charge in [-0.3, -0.25) is 0 Å². The van der Waals surface area contributed by atoms with E-state index in [4.69, 9.17) is 4.74 Å². The number of hydrogen-bond acceptors (Lipinski definition) is 2.